The fourth-order valence-electron chi connectivity index (χ4n) is 4.77. The van der Waals surface area contributed by atoms with Crippen LogP contribution in [0.2, 0.25) is 0 Å². The van der Waals surface area contributed by atoms with E-state index in [4.69, 9.17) is 4.74 Å². The highest BCUT2D eigenvalue weighted by Crippen LogP contribution is 2.35. The maximum absolute atomic E-state index is 12.6. The molecule has 2 aromatic rings. The van der Waals surface area contributed by atoms with Crippen LogP contribution in [0.4, 0.5) is 5.69 Å². The van der Waals surface area contributed by atoms with Crippen LogP contribution in [0.25, 0.3) is 0 Å². The van der Waals surface area contributed by atoms with Crippen LogP contribution in [0.5, 0.6) is 5.75 Å². The minimum atomic E-state index is -0.0366. The molecule has 3 aliphatic heterocycles. The Morgan fingerprint density at radius 1 is 1.19 bits per heavy atom. The van der Waals surface area contributed by atoms with Crippen LogP contribution in [0.15, 0.2) is 60.0 Å². The van der Waals surface area contributed by atoms with Gasteiger partial charge in [-0.15, -0.1) is 0 Å². The van der Waals surface area contributed by atoms with Gasteiger partial charge >= 0.3 is 0 Å². The number of aryl methyl sites for hydroxylation is 2. The molecular weight excluding hydrogens is 472 g/mol. The Bertz CT molecular complexity index is 1150. The lowest BCUT2D eigenvalue weighted by molar-refractivity contribution is -0.113. The van der Waals surface area contributed by atoms with E-state index in [1.807, 2.05) is 32.2 Å². The largest absolute Gasteiger partial charge is 0.494 e. The number of fused-ring (bicyclic) bond motifs is 3. The summed E-state index contributed by atoms with van der Waals surface area (Å²) in [6.07, 6.45) is 7.24. The molecule has 5 rings (SSSR count). The van der Waals surface area contributed by atoms with Crippen LogP contribution in [0.1, 0.15) is 48.9 Å². The summed E-state index contributed by atoms with van der Waals surface area (Å²) in [5.41, 5.74) is 11.2. The summed E-state index contributed by atoms with van der Waals surface area (Å²) in [4.78, 5) is 14.7. The number of hydrazone groups is 1. The highest BCUT2D eigenvalue weighted by atomic mass is 32.2. The summed E-state index contributed by atoms with van der Waals surface area (Å²) < 4.78 is 5.81. The van der Waals surface area contributed by atoms with Crippen molar-refractivity contribution in [2.24, 2.45) is 5.10 Å². The normalized spacial score (nSPS) is 22.1. The van der Waals surface area contributed by atoms with Crippen LogP contribution in [0, 0.1) is 13.8 Å². The van der Waals surface area contributed by atoms with E-state index in [-0.39, 0.29) is 24.2 Å². The number of amidine groups is 1. The van der Waals surface area contributed by atoms with Crippen molar-refractivity contribution in [2.75, 3.05) is 17.7 Å². The minimum Gasteiger partial charge on any atom is -0.494 e. The second-order valence-electron chi connectivity index (χ2n) is 9.49. The van der Waals surface area contributed by atoms with E-state index in [0.717, 1.165) is 48.0 Å². The molecular formula is C27H34N6O2S. The molecule has 0 radical (unpaired) electrons. The smallest absolute Gasteiger partial charge is 0.234 e. The Kier molecular flexibility index (Phi) is 7.38. The third-order valence-corrected chi connectivity index (χ3v) is 7.71. The Hall–Kier alpha value is -3.17. The van der Waals surface area contributed by atoms with E-state index < -0.39 is 0 Å². The second kappa shape index (κ2) is 10.8. The number of hydrazine groups is 1. The summed E-state index contributed by atoms with van der Waals surface area (Å²) in [5, 5.41) is 10.5. The molecule has 1 amide bonds. The van der Waals surface area contributed by atoms with Crippen LogP contribution < -0.4 is 20.9 Å². The maximum Gasteiger partial charge on any atom is 0.234 e. The van der Waals surface area contributed by atoms with Crippen molar-refractivity contribution in [1.82, 2.24) is 20.8 Å². The van der Waals surface area contributed by atoms with E-state index in [1.165, 1.54) is 22.9 Å². The zero-order valence-corrected chi connectivity index (χ0v) is 21.8. The van der Waals surface area contributed by atoms with Gasteiger partial charge in [-0.2, -0.15) is 5.10 Å². The highest BCUT2D eigenvalue weighted by molar-refractivity contribution is 8.14. The molecule has 0 aliphatic carbocycles. The maximum atomic E-state index is 12.6. The number of unbranched alkanes of at least 4 members (excludes halogenated alkanes) is 1. The number of thioether (sulfide) groups is 1. The number of nitrogens with one attached hydrogen (secondary N) is 3. The lowest BCUT2D eigenvalue weighted by atomic mass is 10.00. The first-order valence-corrected chi connectivity index (χ1v) is 13.6. The minimum absolute atomic E-state index is 0.0223. The molecule has 3 heterocycles. The van der Waals surface area contributed by atoms with Crippen molar-refractivity contribution in [3.8, 4) is 5.75 Å². The zero-order chi connectivity index (χ0) is 25.1. The van der Waals surface area contributed by atoms with Gasteiger partial charge in [0.05, 0.1) is 24.4 Å². The number of hydrogen-bond donors (Lipinski definition) is 3. The first-order chi connectivity index (χ1) is 17.5. The molecule has 36 heavy (non-hydrogen) atoms. The average Bonchev–Trinajstić information content (AvgIpc) is 3.49. The topological polar surface area (TPSA) is 81.2 Å². The van der Waals surface area contributed by atoms with Crippen molar-refractivity contribution < 1.29 is 9.53 Å². The number of carbonyl (C=O) groups is 1. The van der Waals surface area contributed by atoms with E-state index in [0.29, 0.717) is 5.75 Å². The molecule has 0 bridgehead atoms. The summed E-state index contributed by atoms with van der Waals surface area (Å²) in [7, 11) is 0. The number of benzene rings is 2. The van der Waals surface area contributed by atoms with Gasteiger partial charge in [-0.1, -0.05) is 54.9 Å². The van der Waals surface area contributed by atoms with Gasteiger partial charge in [0.25, 0.3) is 0 Å². The zero-order valence-electron chi connectivity index (χ0n) is 21.0. The van der Waals surface area contributed by atoms with Crippen molar-refractivity contribution in [2.45, 2.75) is 58.3 Å². The van der Waals surface area contributed by atoms with Gasteiger partial charge in [0.15, 0.2) is 5.17 Å². The van der Waals surface area contributed by atoms with Gasteiger partial charge in [-0.25, -0.2) is 5.43 Å². The molecule has 3 N–H and O–H groups in total. The molecule has 8 nitrogen and oxygen atoms in total. The standard InChI is InChI=1S/C27H34N6O2S/c1-4-5-14-35-21-9-7-20(8-10-21)23-16-24-26-29-30-27(32(26)12-13-33(24)31-23)36-17-25(34)28-22-11-6-18(2)15-19(22)3/h6-13,15,23-24,26,29,31H,4-5,14,16-17H2,1-3H3,(H,28,34). The molecule has 3 aliphatic rings. The van der Waals surface area contributed by atoms with E-state index in [2.05, 4.69) is 74.6 Å². The number of nitrogens with zero attached hydrogens (tertiary/aromatic N) is 3. The summed E-state index contributed by atoms with van der Waals surface area (Å²) in [5.74, 6) is 1.18. The van der Waals surface area contributed by atoms with Gasteiger partial charge in [0.1, 0.15) is 11.9 Å². The molecule has 190 valence electrons. The molecule has 0 saturated carbocycles. The number of carbonyl (C=O) groups excluding carboxylic acids is 1. The number of rotatable bonds is 8. The first-order valence-electron chi connectivity index (χ1n) is 12.6. The number of hydrogen-bond acceptors (Lipinski definition) is 8. The molecule has 3 atom stereocenters. The van der Waals surface area contributed by atoms with Crippen molar-refractivity contribution in [3.05, 3.63) is 71.6 Å². The van der Waals surface area contributed by atoms with Gasteiger partial charge in [-0.3, -0.25) is 10.2 Å². The molecule has 9 heteroatoms. The van der Waals surface area contributed by atoms with Gasteiger partial charge in [-0.05, 0) is 56.0 Å². The van der Waals surface area contributed by atoms with E-state index >= 15 is 0 Å². The van der Waals surface area contributed by atoms with Crippen molar-refractivity contribution in [3.63, 3.8) is 0 Å². The molecule has 1 fully saturated rings. The third kappa shape index (κ3) is 5.32. The molecule has 1 saturated heterocycles. The number of anilines is 1. The van der Waals surface area contributed by atoms with Crippen LogP contribution in [-0.2, 0) is 4.79 Å². The first kappa shape index (κ1) is 24.5. The van der Waals surface area contributed by atoms with Gasteiger partial charge < -0.3 is 20.0 Å². The van der Waals surface area contributed by atoms with Crippen LogP contribution in [-0.4, -0.2) is 45.6 Å². The Morgan fingerprint density at radius 2 is 2.03 bits per heavy atom. The van der Waals surface area contributed by atoms with E-state index in [9.17, 15) is 4.79 Å². The fourth-order valence-corrected chi connectivity index (χ4v) is 5.54. The molecule has 3 unspecified atom stereocenters. The van der Waals surface area contributed by atoms with Crippen molar-refractivity contribution >= 4 is 28.5 Å². The lowest BCUT2D eigenvalue weighted by Crippen LogP contribution is -2.54. The Morgan fingerprint density at radius 3 is 2.81 bits per heavy atom. The summed E-state index contributed by atoms with van der Waals surface area (Å²) >= 11 is 1.44. The fraction of sp³-hybridized carbons (Fsp3) is 0.407. The Labute approximate surface area is 217 Å². The number of amides is 1. The summed E-state index contributed by atoms with van der Waals surface area (Å²) in [6, 6.07) is 14.9. The van der Waals surface area contributed by atoms with Crippen molar-refractivity contribution in [1.29, 1.82) is 0 Å². The average molecular weight is 507 g/mol. The van der Waals surface area contributed by atoms with Gasteiger partial charge in [0, 0.05) is 18.1 Å². The summed E-state index contributed by atoms with van der Waals surface area (Å²) in [6.45, 7) is 6.98. The van der Waals surface area contributed by atoms with Crippen LogP contribution >= 0.6 is 11.8 Å². The lowest BCUT2D eigenvalue weighted by Gasteiger charge is -2.36. The monoisotopic (exact) mass is 506 g/mol. The molecule has 0 aromatic heterocycles. The third-order valence-electron chi connectivity index (χ3n) is 6.74. The Balaban J connectivity index is 1.14. The van der Waals surface area contributed by atoms with E-state index in [1.54, 1.807) is 0 Å². The van der Waals surface area contributed by atoms with Crippen LogP contribution in [0.3, 0.4) is 0 Å². The second-order valence-corrected chi connectivity index (χ2v) is 10.4. The predicted molar refractivity (Wildman–Crippen MR) is 145 cm³/mol. The SMILES string of the molecule is CCCCOc1ccc(C2CC3C4NN=C(SCC(=O)Nc5ccc(C)cc5C)N4C=CN3N2)cc1. The highest BCUT2D eigenvalue weighted by Gasteiger charge is 2.44. The molecule has 2 aromatic carbocycles. The van der Waals surface area contributed by atoms with Gasteiger partial charge in [0.2, 0.25) is 5.91 Å². The quantitative estimate of drug-likeness (QED) is 0.456. The molecule has 0 spiro atoms. The number of ether oxygens (including phenoxy) is 1. The predicted octanol–water partition coefficient (Wildman–Crippen LogP) is 4.46.